The van der Waals surface area contributed by atoms with E-state index in [4.69, 9.17) is 9.05 Å². The number of phosphoric ester groups is 1. The number of unbranched alkanes of at least 4 members (excludes halogenated alkanes) is 22. The summed E-state index contributed by atoms with van der Waals surface area (Å²) in [6, 6.07) is -0.877. The van der Waals surface area contributed by atoms with E-state index in [-0.39, 0.29) is 19.1 Å². The number of nitrogens with zero attached hydrogens (tertiary/aromatic N) is 1. The molecule has 0 fully saturated rings. The second-order valence-electron chi connectivity index (χ2n) is 14.6. The Morgan fingerprint density at radius 1 is 0.723 bits per heavy atom. The Bertz CT molecular complexity index is 789. The van der Waals surface area contributed by atoms with E-state index < -0.39 is 20.0 Å². The number of phosphoric acid groups is 1. The number of amides is 1. The lowest BCUT2D eigenvalue weighted by molar-refractivity contribution is -0.870. The van der Waals surface area contributed by atoms with Gasteiger partial charge in [-0.15, -0.1) is 0 Å². The van der Waals surface area contributed by atoms with E-state index in [1.165, 1.54) is 116 Å². The van der Waals surface area contributed by atoms with E-state index >= 15 is 0 Å². The zero-order valence-corrected chi connectivity index (χ0v) is 32.4. The molecule has 0 rings (SSSR count). The maximum absolute atomic E-state index is 12.8. The number of aliphatic hydroxyl groups excluding tert-OH is 1. The molecule has 0 aromatic rings. The Morgan fingerprint density at radius 3 is 1.60 bits per heavy atom. The zero-order valence-electron chi connectivity index (χ0n) is 31.5. The van der Waals surface area contributed by atoms with Crippen LogP contribution in [0, 0.1) is 0 Å². The molecule has 3 atom stereocenters. The third-order valence-electron chi connectivity index (χ3n) is 8.75. The number of hydrogen-bond acceptors (Lipinski definition) is 6. The fourth-order valence-electron chi connectivity index (χ4n) is 5.56. The highest BCUT2D eigenvalue weighted by atomic mass is 31.2. The topological polar surface area (TPSA) is 108 Å². The van der Waals surface area contributed by atoms with Crippen LogP contribution in [0.15, 0.2) is 12.2 Å². The van der Waals surface area contributed by atoms with Crippen molar-refractivity contribution in [3.8, 4) is 0 Å². The maximum atomic E-state index is 12.8. The molecule has 0 saturated heterocycles. The summed E-state index contributed by atoms with van der Waals surface area (Å²) in [4.78, 5) is 25.1. The predicted molar refractivity (Wildman–Crippen MR) is 196 cm³/mol. The van der Waals surface area contributed by atoms with Crippen molar-refractivity contribution < 1.29 is 32.9 Å². The zero-order chi connectivity index (χ0) is 35.1. The van der Waals surface area contributed by atoms with Crippen molar-refractivity contribution in [3.63, 3.8) is 0 Å². The summed E-state index contributed by atoms with van der Waals surface area (Å²) in [5, 5.41) is 13.7. The minimum absolute atomic E-state index is 0.00145. The highest BCUT2D eigenvalue weighted by Crippen LogP contribution is 2.38. The molecule has 9 heteroatoms. The van der Waals surface area contributed by atoms with Crippen LogP contribution < -0.4 is 10.2 Å². The van der Waals surface area contributed by atoms with Crippen molar-refractivity contribution in [2.75, 3.05) is 40.9 Å². The van der Waals surface area contributed by atoms with Crippen LogP contribution in [-0.4, -0.2) is 68.5 Å². The van der Waals surface area contributed by atoms with Crippen LogP contribution in [0.5, 0.6) is 0 Å². The van der Waals surface area contributed by atoms with Crippen molar-refractivity contribution in [2.45, 2.75) is 187 Å². The maximum Gasteiger partial charge on any atom is 0.268 e. The van der Waals surface area contributed by atoms with Crippen LogP contribution in [0.4, 0.5) is 0 Å². The molecule has 0 spiro atoms. The van der Waals surface area contributed by atoms with E-state index in [1.807, 2.05) is 27.2 Å². The average molecular weight is 689 g/mol. The molecule has 0 bridgehead atoms. The SMILES string of the molecule is CCCCCCCCC/C=C/[C@@H](O)[C@H](COP(=O)([O-])OCC[N+](C)(C)C)NC(=O)CCCCCCCCCCCCCCCCCC. The van der Waals surface area contributed by atoms with E-state index in [0.717, 1.165) is 38.5 Å². The molecule has 2 N–H and O–H groups in total. The first-order valence-electron chi connectivity index (χ1n) is 19.6. The van der Waals surface area contributed by atoms with E-state index in [0.29, 0.717) is 17.4 Å². The Kier molecular flexibility index (Phi) is 30.7. The van der Waals surface area contributed by atoms with E-state index in [2.05, 4.69) is 19.2 Å². The fourth-order valence-corrected chi connectivity index (χ4v) is 6.29. The van der Waals surface area contributed by atoms with Crippen LogP contribution >= 0.6 is 7.82 Å². The molecule has 0 aliphatic heterocycles. The van der Waals surface area contributed by atoms with Crippen LogP contribution in [0.25, 0.3) is 0 Å². The molecule has 280 valence electrons. The number of rotatable bonds is 35. The first kappa shape index (κ1) is 46.2. The van der Waals surface area contributed by atoms with Gasteiger partial charge in [0.15, 0.2) is 0 Å². The van der Waals surface area contributed by atoms with Gasteiger partial charge in [-0.1, -0.05) is 161 Å². The molecule has 0 aliphatic rings. The normalized spacial score (nSPS) is 14.8. The molecule has 0 saturated carbocycles. The van der Waals surface area contributed by atoms with Crippen LogP contribution in [0.3, 0.4) is 0 Å². The number of nitrogens with one attached hydrogen (secondary N) is 1. The summed E-state index contributed by atoms with van der Waals surface area (Å²) in [7, 11) is 1.26. The molecule has 0 aromatic heterocycles. The second kappa shape index (κ2) is 31.2. The molecule has 0 aliphatic carbocycles. The minimum atomic E-state index is -4.57. The summed E-state index contributed by atoms with van der Waals surface area (Å²) in [5.74, 6) is -0.199. The lowest BCUT2D eigenvalue weighted by Crippen LogP contribution is -2.45. The Balaban J connectivity index is 4.40. The monoisotopic (exact) mass is 689 g/mol. The van der Waals surface area contributed by atoms with Crippen molar-refractivity contribution in [1.29, 1.82) is 0 Å². The summed E-state index contributed by atoms with van der Waals surface area (Å²) in [6.07, 6.45) is 32.5. The van der Waals surface area contributed by atoms with Crippen molar-refractivity contribution >= 4 is 13.7 Å². The van der Waals surface area contributed by atoms with Crippen LogP contribution in [0.2, 0.25) is 0 Å². The Morgan fingerprint density at radius 2 is 1.15 bits per heavy atom. The van der Waals surface area contributed by atoms with E-state index in [9.17, 15) is 19.4 Å². The summed E-state index contributed by atoms with van der Waals surface area (Å²) >= 11 is 0. The highest BCUT2D eigenvalue weighted by Gasteiger charge is 2.23. The third kappa shape index (κ3) is 33.5. The van der Waals surface area contributed by atoms with Gasteiger partial charge in [0.2, 0.25) is 5.91 Å². The Labute approximate surface area is 291 Å². The van der Waals surface area contributed by atoms with E-state index in [1.54, 1.807) is 6.08 Å². The van der Waals surface area contributed by atoms with Gasteiger partial charge in [-0.25, -0.2) is 0 Å². The molecular weight excluding hydrogens is 611 g/mol. The highest BCUT2D eigenvalue weighted by molar-refractivity contribution is 7.45. The number of carbonyl (C=O) groups is 1. The van der Waals surface area contributed by atoms with Crippen LogP contribution in [0.1, 0.15) is 174 Å². The number of carbonyl (C=O) groups excluding carboxylic acids is 1. The standard InChI is InChI=1S/C38H77N2O6P/c1-6-8-10-12-14-16-17-18-19-20-21-22-24-26-28-30-32-38(42)39-36(35-46-47(43,44)45-34-33-40(3,4)5)37(41)31-29-27-25-23-15-13-11-9-7-2/h29,31,36-37,41H,6-28,30,32-35H2,1-5H3,(H-,39,42,43,44)/b31-29+/t36-,37+/m0/s1. The first-order valence-corrected chi connectivity index (χ1v) is 21.0. The molecular formula is C38H77N2O6P. The largest absolute Gasteiger partial charge is 0.756 e. The van der Waals surface area contributed by atoms with Gasteiger partial charge in [-0.3, -0.25) is 9.36 Å². The van der Waals surface area contributed by atoms with Crippen molar-refractivity contribution in [3.05, 3.63) is 12.2 Å². The lowest BCUT2D eigenvalue weighted by Gasteiger charge is -2.29. The fraction of sp³-hybridized carbons (Fsp3) is 0.921. The van der Waals surface area contributed by atoms with Gasteiger partial charge in [0.25, 0.3) is 7.82 Å². The molecule has 8 nitrogen and oxygen atoms in total. The molecule has 1 unspecified atom stereocenters. The molecule has 0 radical (unpaired) electrons. The average Bonchev–Trinajstić information content (AvgIpc) is 3.01. The van der Waals surface area contributed by atoms with Gasteiger partial charge in [0.05, 0.1) is 39.9 Å². The molecule has 0 heterocycles. The number of quaternary nitrogens is 1. The molecule has 47 heavy (non-hydrogen) atoms. The number of allylic oxidation sites excluding steroid dienone is 1. The molecule has 0 aromatic carbocycles. The van der Waals surface area contributed by atoms with Crippen molar-refractivity contribution in [2.24, 2.45) is 0 Å². The predicted octanol–water partition coefficient (Wildman–Crippen LogP) is 9.39. The Hall–Kier alpha value is -0.760. The third-order valence-corrected chi connectivity index (χ3v) is 9.71. The van der Waals surface area contributed by atoms with Gasteiger partial charge in [0.1, 0.15) is 13.2 Å². The number of hydrogen-bond donors (Lipinski definition) is 2. The lowest BCUT2D eigenvalue weighted by atomic mass is 10.0. The van der Waals surface area contributed by atoms with Gasteiger partial charge >= 0.3 is 0 Å². The van der Waals surface area contributed by atoms with Crippen LogP contribution in [-0.2, 0) is 18.4 Å². The minimum Gasteiger partial charge on any atom is -0.756 e. The van der Waals surface area contributed by atoms with Gasteiger partial charge in [-0.2, -0.15) is 0 Å². The van der Waals surface area contributed by atoms with Gasteiger partial charge in [-0.05, 0) is 19.3 Å². The second-order valence-corrected chi connectivity index (χ2v) is 16.1. The first-order chi connectivity index (χ1) is 22.5. The molecule has 1 amide bonds. The van der Waals surface area contributed by atoms with Gasteiger partial charge in [0, 0.05) is 6.42 Å². The summed E-state index contributed by atoms with van der Waals surface area (Å²) in [6.45, 7) is 4.61. The number of aliphatic hydroxyl groups is 1. The number of likely N-dealkylation sites (N-methyl/N-ethyl adjacent to an activating group) is 1. The summed E-state index contributed by atoms with van der Waals surface area (Å²) in [5.41, 5.74) is 0. The quantitative estimate of drug-likeness (QED) is 0.0297. The smallest absolute Gasteiger partial charge is 0.268 e. The van der Waals surface area contributed by atoms with Crippen molar-refractivity contribution in [1.82, 2.24) is 5.32 Å². The van der Waals surface area contributed by atoms with Gasteiger partial charge < -0.3 is 28.8 Å². The summed E-state index contributed by atoms with van der Waals surface area (Å²) < 4.78 is 23.0.